The highest BCUT2D eigenvalue weighted by Crippen LogP contribution is 1.94. The Hall–Kier alpha value is -0.880. The minimum atomic E-state index is -3.35. The van der Waals surface area contributed by atoms with Gasteiger partial charge in [-0.25, -0.2) is 13.1 Å². The number of ether oxygens (including phenoxy) is 1. The molecule has 0 heterocycles. The highest BCUT2D eigenvalue weighted by molar-refractivity contribution is 7.89. The Morgan fingerprint density at radius 1 is 1.53 bits per heavy atom. The molecule has 0 spiro atoms. The zero-order valence-corrected chi connectivity index (χ0v) is 9.68. The number of allylic oxidation sites excluding steroid dienone is 1. The van der Waals surface area contributed by atoms with Crippen LogP contribution in [0.3, 0.4) is 0 Å². The Morgan fingerprint density at radius 2 is 2.20 bits per heavy atom. The maximum atomic E-state index is 11.3. The van der Waals surface area contributed by atoms with Crippen LogP contribution in [0.1, 0.15) is 19.3 Å². The van der Waals surface area contributed by atoms with Crippen LogP contribution in [0, 0.1) is 0 Å². The first kappa shape index (κ1) is 14.1. The second-order valence-electron chi connectivity index (χ2n) is 2.97. The summed E-state index contributed by atoms with van der Waals surface area (Å²) in [7, 11) is -2.12. The van der Waals surface area contributed by atoms with E-state index in [-0.39, 0.29) is 12.2 Å². The summed E-state index contributed by atoms with van der Waals surface area (Å²) in [5, 5.41) is 0. The van der Waals surface area contributed by atoms with Crippen LogP contribution in [0.25, 0.3) is 0 Å². The van der Waals surface area contributed by atoms with Gasteiger partial charge in [0.15, 0.2) is 0 Å². The molecule has 0 amide bonds. The number of sulfonamides is 1. The molecule has 0 bridgehead atoms. The monoisotopic (exact) mass is 235 g/mol. The number of esters is 1. The predicted molar refractivity (Wildman–Crippen MR) is 57.9 cm³/mol. The molecule has 0 saturated carbocycles. The summed E-state index contributed by atoms with van der Waals surface area (Å²) >= 11 is 0. The zero-order chi connectivity index (χ0) is 11.7. The van der Waals surface area contributed by atoms with E-state index < -0.39 is 16.0 Å². The van der Waals surface area contributed by atoms with Crippen LogP contribution < -0.4 is 4.72 Å². The van der Waals surface area contributed by atoms with Gasteiger partial charge in [0.05, 0.1) is 19.3 Å². The average Bonchev–Trinajstić information content (AvgIpc) is 2.21. The fourth-order valence-electron chi connectivity index (χ4n) is 0.866. The summed E-state index contributed by atoms with van der Waals surface area (Å²) in [5.74, 6) is -0.750. The molecular weight excluding hydrogens is 218 g/mol. The number of hydrogen-bond donors (Lipinski definition) is 1. The smallest absolute Gasteiger partial charge is 0.306 e. The van der Waals surface area contributed by atoms with Crippen LogP contribution in [-0.4, -0.2) is 33.8 Å². The van der Waals surface area contributed by atoms with Gasteiger partial charge in [-0.05, 0) is 12.8 Å². The summed E-state index contributed by atoms with van der Waals surface area (Å²) in [4.78, 5) is 10.7. The lowest BCUT2D eigenvalue weighted by Gasteiger charge is -2.04. The number of hydrogen-bond acceptors (Lipinski definition) is 4. The molecule has 88 valence electrons. The van der Waals surface area contributed by atoms with Gasteiger partial charge in [0.1, 0.15) is 0 Å². The van der Waals surface area contributed by atoms with Crippen molar-refractivity contribution < 1.29 is 17.9 Å². The van der Waals surface area contributed by atoms with Crippen LogP contribution >= 0.6 is 0 Å². The molecule has 0 radical (unpaired) electrons. The van der Waals surface area contributed by atoms with Crippen molar-refractivity contribution >= 4 is 16.0 Å². The first-order valence-corrected chi connectivity index (χ1v) is 6.32. The quantitative estimate of drug-likeness (QED) is 0.376. The number of methoxy groups -OCH3 is 1. The molecular formula is C9H17NO4S. The molecule has 0 rings (SSSR count). The fraction of sp³-hybridized carbons (Fsp3) is 0.667. The molecule has 0 saturated heterocycles. The van der Waals surface area contributed by atoms with Gasteiger partial charge in [-0.1, -0.05) is 6.08 Å². The Labute approximate surface area is 90.6 Å². The highest BCUT2D eigenvalue weighted by Gasteiger charge is 2.12. The summed E-state index contributed by atoms with van der Waals surface area (Å²) < 4.78 is 29.3. The normalized spacial score (nSPS) is 11.0. The van der Waals surface area contributed by atoms with Crippen LogP contribution in [0.15, 0.2) is 12.7 Å². The number of carbonyl (C=O) groups is 1. The van der Waals surface area contributed by atoms with E-state index in [2.05, 4.69) is 16.0 Å². The second-order valence-corrected chi connectivity index (χ2v) is 4.90. The lowest BCUT2D eigenvalue weighted by Crippen LogP contribution is -2.28. The van der Waals surface area contributed by atoms with Crippen LogP contribution in [0.5, 0.6) is 0 Å². The van der Waals surface area contributed by atoms with Crippen molar-refractivity contribution in [2.75, 3.05) is 19.4 Å². The van der Waals surface area contributed by atoms with Gasteiger partial charge in [-0.2, -0.15) is 0 Å². The lowest BCUT2D eigenvalue weighted by molar-refractivity contribution is -0.140. The van der Waals surface area contributed by atoms with E-state index in [1.54, 1.807) is 6.08 Å². The Morgan fingerprint density at radius 3 is 2.73 bits per heavy atom. The maximum absolute atomic E-state index is 11.3. The van der Waals surface area contributed by atoms with Crippen molar-refractivity contribution in [3.05, 3.63) is 12.7 Å². The predicted octanol–water partition coefficient (Wildman–Crippen LogP) is 0.435. The van der Waals surface area contributed by atoms with Crippen molar-refractivity contribution in [2.45, 2.75) is 19.3 Å². The maximum Gasteiger partial charge on any atom is 0.306 e. The van der Waals surface area contributed by atoms with Crippen LogP contribution in [0.4, 0.5) is 0 Å². The Bertz CT molecular complexity index is 297. The molecule has 0 aromatic carbocycles. The summed E-state index contributed by atoms with van der Waals surface area (Å²) in [5.41, 5.74) is 0. The zero-order valence-electron chi connectivity index (χ0n) is 8.86. The van der Waals surface area contributed by atoms with E-state index in [0.29, 0.717) is 13.0 Å². The van der Waals surface area contributed by atoms with E-state index in [9.17, 15) is 13.2 Å². The Kier molecular flexibility index (Phi) is 6.98. The van der Waals surface area contributed by atoms with Crippen molar-refractivity contribution in [3.63, 3.8) is 0 Å². The molecule has 0 aliphatic heterocycles. The van der Waals surface area contributed by atoms with Crippen LogP contribution in [-0.2, 0) is 19.6 Å². The van der Waals surface area contributed by atoms with E-state index >= 15 is 0 Å². The summed E-state index contributed by atoms with van der Waals surface area (Å²) in [6, 6.07) is 0. The second kappa shape index (κ2) is 7.42. The van der Waals surface area contributed by atoms with Gasteiger partial charge >= 0.3 is 5.97 Å². The van der Waals surface area contributed by atoms with Gasteiger partial charge in [0, 0.05) is 6.54 Å². The number of unbranched alkanes of at least 4 members (excludes halogenated alkanes) is 1. The first-order valence-electron chi connectivity index (χ1n) is 4.67. The molecule has 0 unspecified atom stereocenters. The van der Waals surface area contributed by atoms with Gasteiger partial charge < -0.3 is 4.74 Å². The Balaban J connectivity index is 3.77. The topological polar surface area (TPSA) is 72.5 Å². The third kappa shape index (κ3) is 8.14. The molecule has 15 heavy (non-hydrogen) atoms. The van der Waals surface area contributed by atoms with Gasteiger partial charge in [0.25, 0.3) is 0 Å². The third-order valence-electron chi connectivity index (χ3n) is 1.71. The van der Waals surface area contributed by atoms with Crippen LogP contribution in [0.2, 0.25) is 0 Å². The van der Waals surface area contributed by atoms with Crippen molar-refractivity contribution in [1.82, 2.24) is 4.72 Å². The van der Waals surface area contributed by atoms with Gasteiger partial charge in [-0.3, -0.25) is 4.79 Å². The number of nitrogens with one attached hydrogen (secondary N) is 1. The summed E-state index contributed by atoms with van der Waals surface area (Å²) in [6.07, 6.45) is 3.08. The average molecular weight is 235 g/mol. The molecule has 5 nitrogen and oxygen atoms in total. The number of rotatable bonds is 8. The minimum absolute atomic E-state index is 0.118. The largest absolute Gasteiger partial charge is 0.469 e. The van der Waals surface area contributed by atoms with Crippen molar-refractivity contribution in [2.24, 2.45) is 0 Å². The third-order valence-corrected chi connectivity index (χ3v) is 3.10. The molecule has 6 heteroatoms. The first-order chi connectivity index (χ1) is 7.02. The standard InChI is InChI=1S/C9H17NO4S/c1-3-4-5-7-10-15(12,13)8-6-9(11)14-2/h3,10H,1,4-8H2,2H3. The SMILES string of the molecule is C=CCCCNS(=O)(=O)CCC(=O)OC. The lowest BCUT2D eigenvalue weighted by atomic mass is 10.3. The van der Waals surface area contributed by atoms with Gasteiger partial charge in [-0.15, -0.1) is 6.58 Å². The molecule has 0 fully saturated rings. The van der Waals surface area contributed by atoms with Crippen molar-refractivity contribution in [1.29, 1.82) is 0 Å². The molecule has 0 atom stereocenters. The molecule has 1 N–H and O–H groups in total. The van der Waals surface area contributed by atoms with Crippen molar-refractivity contribution in [3.8, 4) is 0 Å². The number of carbonyl (C=O) groups excluding carboxylic acids is 1. The van der Waals surface area contributed by atoms with E-state index in [1.807, 2.05) is 0 Å². The fourth-order valence-corrected chi connectivity index (χ4v) is 1.90. The minimum Gasteiger partial charge on any atom is -0.469 e. The molecule has 0 aliphatic carbocycles. The van der Waals surface area contributed by atoms with E-state index in [1.165, 1.54) is 7.11 Å². The van der Waals surface area contributed by atoms with E-state index in [4.69, 9.17) is 0 Å². The van der Waals surface area contributed by atoms with Gasteiger partial charge in [0.2, 0.25) is 10.0 Å². The molecule has 0 aromatic rings. The van der Waals surface area contributed by atoms with E-state index in [0.717, 1.165) is 6.42 Å². The summed E-state index contributed by atoms with van der Waals surface area (Å²) in [6.45, 7) is 3.90. The highest BCUT2D eigenvalue weighted by atomic mass is 32.2. The molecule has 0 aromatic heterocycles. The molecule has 0 aliphatic rings.